The molecule has 3 rings (SSSR count). The van der Waals surface area contributed by atoms with E-state index in [1.54, 1.807) is 12.1 Å². The summed E-state index contributed by atoms with van der Waals surface area (Å²) in [5.41, 5.74) is 2.48. The predicted molar refractivity (Wildman–Crippen MR) is 91.5 cm³/mol. The van der Waals surface area contributed by atoms with Crippen molar-refractivity contribution >= 4 is 39.4 Å². The van der Waals surface area contributed by atoms with Crippen LogP contribution >= 0.6 is 22.9 Å². The van der Waals surface area contributed by atoms with Crippen molar-refractivity contribution in [2.45, 2.75) is 6.92 Å². The summed E-state index contributed by atoms with van der Waals surface area (Å²) in [7, 11) is 0. The number of nitrogens with one attached hydrogen (secondary N) is 1. The third-order valence-corrected chi connectivity index (χ3v) is 4.45. The minimum Gasteiger partial charge on any atom is -0.330 e. The molecule has 0 aliphatic rings. The third-order valence-electron chi connectivity index (χ3n) is 3.15. The summed E-state index contributed by atoms with van der Waals surface area (Å²) in [4.78, 5) is 10.4. The molecule has 0 aliphatic carbocycles. The van der Waals surface area contributed by atoms with E-state index in [9.17, 15) is 10.1 Å². The van der Waals surface area contributed by atoms with Gasteiger partial charge >= 0.3 is 0 Å². The summed E-state index contributed by atoms with van der Waals surface area (Å²) in [6.07, 6.45) is 0. The molecular formula is C15H11ClN4O2S. The van der Waals surface area contributed by atoms with Crippen LogP contribution in [0.5, 0.6) is 0 Å². The van der Waals surface area contributed by atoms with E-state index in [0.717, 1.165) is 11.3 Å². The first kappa shape index (κ1) is 15.4. The molecule has 2 aromatic carbocycles. The van der Waals surface area contributed by atoms with Crippen LogP contribution < -0.4 is 5.32 Å². The highest BCUT2D eigenvalue weighted by atomic mass is 35.5. The summed E-state index contributed by atoms with van der Waals surface area (Å²) in [5.74, 6) is 0. The van der Waals surface area contributed by atoms with Gasteiger partial charge in [0.15, 0.2) is 0 Å². The molecule has 0 saturated heterocycles. The molecule has 0 bridgehead atoms. The zero-order valence-electron chi connectivity index (χ0n) is 12.0. The Hall–Kier alpha value is -2.51. The smallest absolute Gasteiger partial charge is 0.270 e. The summed E-state index contributed by atoms with van der Waals surface area (Å²) >= 11 is 7.40. The molecule has 116 valence electrons. The Morgan fingerprint density at radius 3 is 2.78 bits per heavy atom. The summed E-state index contributed by atoms with van der Waals surface area (Å²) < 4.78 is 0. The van der Waals surface area contributed by atoms with Gasteiger partial charge in [-0.2, -0.15) is 0 Å². The average molecular weight is 347 g/mol. The minimum absolute atomic E-state index is 0.0255. The maximum atomic E-state index is 10.8. The predicted octanol–water partition coefficient (Wildman–Crippen LogP) is 4.82. The van der Waals surface area contributed by atoms with Gasteiger partial charge < -0.3 is 5.32 Å². The van der Waals surface area contributed by atoms with Gasteiger partial charge in [0.25, 0.3) is 5.69 Å². The number of hydrogen-bond donors (Lipinski definition) is 1. The van der Waals surface area contributed by atoms with Crippen LogP contribution in [0.3, 0.4) is 0 Å². The van der Waals surface area contributed by atoms with Crippen molar-refractivity contribution in [3.8, 4) is 10.6 Å². The first-order valence-electron chi connectivity index (χ1n) is 6.64. The molecule has 0 amide bonds. The highest BCUT2D eigenvalue weighted by molar-refractivity contribution is 7.18. The SMILES string of the molecule is Cc1ccc(Nc2nnc(-c3cccc([N+](=O)[O-])c3)s2)cc1Cl. The Kier molecular flexibility index (Phi) is 4.22. The number of benzene rings is 2. The lowest BCUT2D eigenvalue weighted by molar-refractivity contribution is -0.384. The fourth-order valence-electron chi connectivity index (χ4n) is 1.94. The van der Waals surface area contributed by atoms with Crippen molar-refractivity contribution in [2.24, 2.45) is 0 Å². The number of rotatable bonds is 4. The Balaban J connectivity index is 1.84. The fourth-order valence-corrected chi connectivity index (χ4v) is 2.88. The number of nitro groups is 1. The van der Waals surface area contributed by atoms with Gasteiger partial charge in [-0.15, -0.1) is 10.2 Å². The van der Waals surface area contributed by atoms with E-state index in [1.807, 2.05) is 25.1 Å². The Labute approximate surface area is 140 Å². The molecule has 1 heterocycles. The van der Waals surface area contributed by atoms with Gasteiger partial charge in [0.2, 0.25) is 5.13 Å². The van der Waals surface area contributed by atoms with Gasteiger partial charge in [-0.05, 0) is 24.6 Å². The molecule has 23 heavy (non-hydrogen) atoms. The van der Waals surface area contributed by atoms with E-state index in [-0.39, 0.29) is 5.69 Å². The van der Waals surface area contributed by atoms with Crippen LogP contribution in [0.15, 0.2) is 42.5 Å². The van der Waals surface area contributed by atoms with Crippen LogP contribution in [0.1, 0.15) is 5.56 Å². The van der Waals surface area contributed by atoms with Gasteiger partial charge in [-0.1, -0.05) is 41.1 Å². The van der Waals surface area contributed by atoms with Crippen molar-refractivity contribution in [3.05, 3.63) is 63.2 Å². The topological polar surface area (TPSA) is 81.0 Å². The molecule has 0 unspecified atom stereocenters. The molecular weight excluding hydrogens is 336 g/mol. The lowest BCUT2D eigenvalue weighted by Gasteiger charge is -2.03. The number of non-ortho nitro benzene ring substituents is 1. The van der Waals surface area contributed by atoms with E-state index < -0.39 is 4.92 Å². The van der Waals surface area contributed by atoms with Crippen LogP contribution in [0.25, 0.3) is 10.6 Å². The van der Waals surface area contributed by atoms with Gasteiger partial charge in [0.05, 0.1) is 4.92 Å². The van der Waals surface area contributed by atoms with Crippen LogP contribution in [0, 0.1) is 17.0 Å². The fraction of sp³-hybridized carbons (Fsp3) is 0.0667. The lowest BCUT2D eigenvalue weighted by atomic mass is 10.2. The zero-order valence-corrected chi connectivity index (χ0v) is 13.6. The van der Waals surface area contributed by atoms with Crippen molar-refractivity contribution < 1.29 is 4.92 Å². The van der Waals surface area contributed by atoms with Crippen molar-refractivity contribution in [3.63, 3.8) is 0 Å². The van der Waals surface area contributed by atoms with E-state index in [4.69, 9.17) is 11.6 Å². The summed E-state index contributed by atoms with van der Waals surface area (Å²) in [5, 5.41) is 24.0. The van der Waals surface area contributed by atoms with Crippen LogP contribution in [-0.4, -0.2) is 15.1 Å². The van der Waals surface area contributed by atoms with Crippen LogP contribution in [0.2, 0.25) is 5.02 Å². The van der Waals surface area contributed by atoms with E-state index in [1.165, 1.54) is 23.5 Å². The second kappa shape index (κ2) is 6.31. The van der Waals surface area contributed by atoms with Crippen LogP contribution in [0.4, 0.5) is 16.5 Å². The molecule has 0 fully saturated rings. The number of hydrogen-bond acceptors (Lipinski definition) is 6. The molecule has 0 atom stereocenters. The number of anilines is 2. The minimum atomic E-state index is -0.433. The molecule has 1 N–H and O–H groups in total. The Bertz CT molecular complexity index is 881. The Morgan fingerprint density at radius 2 is 2.04 bits per heavy atom. The van der Waals surface area contributed by atoms with E-state index in [0.29, 0.717) is 20.7 Å². The normalized spacial score (nSPS) is 10.5. The molecule has 0 aliphatic heterocycles. The van der Waals surface area contributed by atoms with E-state index in [2.05, 4.69) is 15.5 Å². The van der Waals surface area contributed by atoms with Crippen molar-refractivity contribution in [1.29, 1.82) is 0 Å². The molecule has 6 nitrogen and oxygen atoms in total. The van der Waals surface area contributed by atoms with Gasteiger partial charge in [0, 0.05) is 28.4 Å². The van der Waals surface area contributed by atoms with Gasteiger partial charge in [-0.3, -0.25) is 10.1 Å². The van der Waals surface area contributed by atoms with Gasteiger partial charge in [-0.25, -0.2) is 0 Å². The molecule has 8 heteroatoms. The van der Waals surface area contributed by atoms with Crippen LogP contribution in [-0.2, 0) is 0 Å². The highest BCUT2D eigenvalue weighted by Gasteiger charge is 2.11. The maximum absolute atomic E-state index is 10.8. The quantitative estimate of drug-likeness (QED) is 0.541. The van der Waals surface area contributed by atoms with E-state index >= 15 is 0 Å². The monoisotopic (exact) mass is 346 g/mol. The second-order valence-electron chi connectivity index (χ2n) is 4.81. The molecule has 3 aromatic rings. The number of aromatic nitrogens is 2. The largest absolute Gasteiger partial charge is 0.330 e. The zero-order chi connectivity index (χ0) is 16.4. The average Bonchev–Trinajstić information content (AvgIpc) is 2.99. The maximum Gasteiger partial charge on any atom is 0.270 e. The molecule has 1 aromatic heterocycles. The number of aryl methyl sites for hydroxylation is 1. The lowest BCUT2D eigenvalue weighted by Crippen LogP contribution is -1.89. The summed E-state index contributed by atoms with van der Waals surface area (Å²) in [6, 6.07) is 11.9. The Morgan fingerprint density at radius 1 is 1.22 bits per heavy atom. The first-order chi connectivity index (χ1) is 11.0. The molecule has 0 spiro atoms. The number of nitro benzene ring substituents is 1. The van der Waals surface area contributed by atoms with Crippen molar-refractivity contribution in [2.75, 3.05) is 5.32 Å². The third kappa shape index (κ3) is 3.46. The van der Waals surface area contributed by atoms with Crippen molar-refractivity contribution in [1.82, 2.24) is 10.2 Å². The standard InChI is InChI=1S/C15H11ClN4O2S/c1-9-5-6-11(8-13(9)16)17-15-19-18-14(23-15)10-3-2-4-12(7-10)20(21)22/h2-8H,1H3,(H,17,19). The number of nitrogens with zero attached hydrogens (tertiary/aromatic N) is 3. The van der Waals surface area contributed by atoms with Gasteiger partial charge in [0.1, 0.15) is 5.01 Å². The first-order valence-corrected chi connectivity index (χ1v) is 7.84. The summed E-state index contributed by atoms with van der Waals surface area (Å²) in [6.45, 7) is 1.93. The molecule has 0 radical (unpaired) electrons. The highest BCUT2D eigenvalue weighted by Crippen LogP contribution is 2.31. The molecule has 0 saturated carbocycles. The second-order valence-corrected chi connectivity index (χ2v) is 6.19. The number of halogens is 1.